The van der Waals surface area contributed by atoms with Gasteiger partial charge in [-0.05, 0) is 0 Å². The van der Waals surface area contributed by atoms with Crippen molar-refractivity contribution in [2.24, 2.45) is 0 Å². The van der Waals surface area contributed by atoms with Crippen LogP contribution in [0, 0.1) is 0 Å². The third-order valence-corrected chi connectivity index (χ3v) is 13.2. The van der Waals surface area contributed by atoms with Crippen LogP contribution in [0.5, 0.6) is 0 Å². The van der Waals surface area contributed by atoms with E-state index in [0.29, 0.717) is 8.58 Å². The van der Waals surface area contributed by atoms with Crippen molar-refractivity contribution in [2.45, 2.75) is 0 Å². The molecule has 33 heavy (non-hydrogen) atoms. The van der Waals surface area contributed by atoms with Crippen LogP contribution < -0.4 is 35.3 Å². The van der Waals surface area contributed by atoms with E-state index in [1.165, 1.54) is 26.5 Å². The first kappa shape index (κ1) is 22.3. The monoisotopic (exact) mass is 520 g/mol. The molecule has 0 saturated heterocycles. The number of rotatable bonds is 7. The Morgan fingerprint density at radius 2 is 0.939 bits per heavy atom. The Morgan fingerprint density at radius 3 is 1.58 bits per heavy atom. The first-order valence-corrected chi connectivity index (χ1v) is 15.5. The fourth-order valence-electron chi connectivity index (χ4n) is 3.88. The van der Waals surface area contributed by atoms with E-state index in [0.717, 1.165) is 0 Å². The van der Waals surface area contributed by atoms with Crippen LogP contribution in [0.15, 0.2) is 140 Å². The molecule has 0 spiro atoms. The van der Waals surface area contributed by atoms with Crippen molar-refractivity contribution in [3.63, 3.8) is 0 Å². The van der Waals surface area contributed by atoms with Crippen LogP contribution >= 0.6 is 16.5 Å². The molecule has 0 aromatic heterocycles. The Hall–Kier alpha value is -2.50. The normalized spacial score (nSPS) is 11.3. The van der Waals surface area contributed by atoms with Gasteiger partial charge in [0.2, 0.25) is 0 Å². The van der Waals surface area contributed by atoms with Gasteiger partial charge in [0.25, 0.3) is 0 Å². The summed E-state index contributed by atoms with van der Waals surface area (Å²) in [6.07, 6.45) is 0. The second-order valence-electron chi connectivity index (χ2n) is 7.69. The summed E-state index contributed by atoms with van der Waals surface area (Å²) in [4.78, 5) is 0. The van der Waals surface area contributed by atoms with Gasteiger partial charge in [-0.1, -0.05) is 0 Å². The second-order valence-corrected chi connectivity index (χ2v) is 14.0. The second kappa shape index (κ2) is 11.1. The van der Waals surface area contributed by atoms with Crippen LogP contribution in [0.25, 0.3) is 0 Å². The predicted octanol–water partition coefficient (Wildman–Crippen LogP) is 3.73. The summed E-state index contributed by atoms with van der Waals surface area (Å²) in [5.74, 6) is 0. The van der Waals surface area contributed by atoms with Crippen molar-refractivity contribution in [3.8, 4) is 0 Å². The molecular weight excluding hydrogens is 495 g/mol. The molecule has 0 aliphatic heterocycles. The molecule has 5 aromatic carbocycles. The first-order chi connectivity index (χ1) is 16.4. The van der Waals surface area contributed by atoms with Crippen LogP contribution in [0.4, 0.5) is 0 Å². The van der Waals surface area contributed by atoms with Crippen LogP contribution in [-0.4, -0.2) is 15.4 Å². The SMILES string of the molecule is c1ccc(Pc2cccc[c]2[Ge][c]2ccccc2P(c2ccccc2)c2ccccc2)cc1. The minimum absolute atomic E-state index is 0.479. The van der Waals surface area contributed by atoms with E-state index >= 15 is 0 Å². The average Bonchev–Trinajstić information content (AvgIpc) is 2.88. The standard InChI is InChI=1S/C30H24GeP2/c1-4-14-24(15-5-1)32-29-22-12-10-20-27(29)31-28-21-11-13-23-30(28)33(25-16-6-2-7-17-25)26-18-8-3-9-19-26/h1-23,32H. The van der Waals surface area contributed by atoms with Crippen LogP contribution in [0.3, 0.4) is 0 Å². The maximum atomic E-state index is 2.37. The summed E-state index contributed by atoms with van der Waals surface area (Å²) in [7, 11) is 0.114. The summed E-state index contributed by atoms with van der Waals surface area (Å²) >= 11 is -0.479. The Balaban J connectivity index is 1.55. The molecule has 0 heterocycles. The molecule has 1 unspecified atom stereocenters. The summed E-state index contributed by atoms with van der Waals surface area (Å²) in [5, 5.41) is 7.22. The Kier molecular flexibility index (Phi) is 7.49. The average molecular weight is 519 g/mol. The molecule has 0 aliphatic carbocycles. The van der Waals surface area contributed by atoms with Gasteiger partial charge in [-0.25, -0.2) is 0 Å². The Labute approximate surface area is 206 Å². The zero-order valence-electron chi connectivity index (χ0n) is 18.2. The van der Waals surface area contributed by atoms with Crippen molar-refractivity contribution in [2.75, 3.05) is 0 Å². The Morgan fingerprint density at radius 1 is 0.455 bits per heavy atom. The third-order valence-electron chi connectivity index (χ3n) is 5.42. The van der Waals surface area contributed by atoms with Crippen molar-refractivity contribution in [1.29, 1.82) is 0 Å². The van der Waals surface area contributed by atoms with Gasteiger partial charge < -0.3 is 0 Å². The van der Waals surface area contributed by atoms with Gasteiger partial charge in [0.1, 0.15) is 0 Å². The van der Waals surface area contributed by atoms with E-state index in [2.05, 4.69) is 140 Å². The van der Waals surface area contributed by atoms with E-state index in [1.54, 1.807) is 8.79 Å². The topological polar surface area (TPSA) is 0 Å². The molecule has 0 N–H and O–H groups in total. The number of hydrogen-bond donors (Lipinski definition) is 0. The van der Waals surface area contributed by atoms with E-state index in [9.17, 15) is 0 Å². The maximum absolute atomic E-state index is 2.37. The van der Waals surface area contributed by atoms with Gasteiger partial charge in [0.05, 0.1) is 0 Å². The summed E-state index contributed by atoms with van der Waals surface area (Å²) in [5.41, 5.74) is 0. The van der Waals surface area contributed by atoms with Crippen molar-refractivity contribution < 1.29 is 0 Å². The Bertz CT molecular complexity index is 1270. The molecule has 0 saturated carbocycles. The van der Waals surface area contributed by atoms with E-state index in [4.69, 9.17) is 0 Å². The van der Waals surface area contributed by atoms with Crippen LogP contribution in [-0.2, 0) is 0 Å². The molecule has 2 radical (unpaired) electrons. The van der Waals surface area contributed by atoms with Crippen molar-refractivity contribution in [3.05, 3.63) is 140 Å². The number of hydrogen-bond acceptors (Lipinski definition) is 0. The molecular formula is C30H24GeP2. The van der Waals surface area contributed by atoms with Crippen LogP contribution in [0.2, 0.25) is 0 Å². The van der Waals surface area contributed by atoms with E-state index in [1.807, 2.05) is 0 Å². The minimum atomic E-state index is -0.587. The van der Waals surface area contributed by atoms with Crippen molar-refractivity contribution >= 4 is 67.2 Å². The van der Waals surface area contributed by atoms with Gasteiger partial charge in [-0.2, -0.15) is 0 Å². The van der Waals surface area contributed by atoms with Gasteiger partial charge >= 0.3 is 207 Å². The number of benzene rings is 5. The van der Waals surface area contributed by atoms with Gasteiger partial charge in [-0.15, -0.1) is 0 Å². The molecule has 0 fully saturated rings. The fraction of sp³-hybridized carbons (Fsp3) is 0. The van der Waals surface area contributed by atoms with Gasteiger partial charge in [-0.3, -0.25) is 0 Å². The van der Waals surface area contributed by atoms with E-state index < -0.39 is 23.4 Å². The quantitative estimate of drug-likeness (QED) is 0.227. The molecule has 5 rings (SSSR count). The van der Waals surface area contributed by atoms with Crippen LogP contribution in [0.1, 0.15) is 0 Å². The third kappa shape index (κ3) is 5.53. The summed E-state index contributed by atoms with van der Waals surface area (Å²) in [6.45, 7) is 0. The van der Waals surface area contributed by atoms with E-state index in [-0.39, 0.29) is 0 Å². The zero-order valence-corrected chi connectivity index (χ0v) is 22.2. The van der Waals surface area contributed by atoms with Crippen molar-refractivity contribution in [1.82, 2.24) is 0 Å². The molecule has 0 nitrogen and oxygen atoms in total. The molecule has 0 bridgehead atoms. The zero-order chi connectivity index (χ0) is 22.3. The summed E-state index contributed by atoms with van der Waals surface area (Å²) < 4.78 is 3.09. The predicted molar refractivity (Wildman–Crippen MR) is 151 cm³/mol. The molecule has 1 atom stereocenters. The molecule has 158 valence electrons. The fourth-order valence-corrected chi connectivity index (χ4v) is 11.3. The molecule has 3 heteroatoms. The molecule has 0 amide bonds. The van der Waals surface area contributed by atoms with Gasteiger partial charge in [0, 0.05) is 0 Å². The summed E-state index contributed by atoms with van der Waals surface area (Å²) in [6, 6.07) is 51.2. The van der Waals surface area contributed by atoms with Gasteiger partial charge in [0.15, 0.2) is 0 Å². The molecule has 5 aromatic rings. The first-order valence-electron chi connectivity index (χ1n) is 11.1. The molecule has 0 aliphatic rings.